The maximum Gasteiger partial charge on any atom is 0.0818 e. The molecular weight excluding hydrogens is 160 g/mol. The molecule has 0 radical (unpaired) electrons. The first-order valence-electron chi connectivity index (χ1n) is 4.87. The van der Waals surface area contributed by atoms with E-state index in [-0.39, 0.29) is 6.10 Å². The zero-order chi connectivity index (χ0) is 9.84. The number of aliphatic hydroxyl groups excluding tert-OH is 1. The van der Waals surface area contributed by atoms with Gasteiger partial charge in [0.25, 0.3) is 0 Å². The summed E-state index contributed by atoms with van der Waals surface area (Å²) in [5.74, 6) is 0.364. The van der Waals surface area contributed by atoms with Crippen LogP contribution in [-0.2, 0) is 0 Å². The third-order valence-electron chi connectivity index (χ3n) is 2.57. The van der Waals surface area contributed by atoms with Crippen LogP contribution < -0.4 is 0 Å². The van der Waals surface area contributed by atoms with E-state index >= 15 is 0 Å². The van der Waals surface area contributed by atoms with E-state index in [4.69, 9.17) is 0 Å². The van der Waals surface area contributed by atoms with E-state index in [1.807, 2.05) is 32.1 Å². The summed E-state index contributed by atoms with van der Waals surface area (Å²) in [6.07, 6.45) is 8.89. The van der Waals surface area contributed by atoms with E-state index in [0.717, 1.165) is 12.0 Å². The molecule has 1 N–H and O–H groups in total. The molecule has 1 nitrogen and oxygen atoms in total. The smallest absolute Gasteiger partial charge is 0.0818 e. The van der Waals surface area contributed by atoms with Crippen LogP contribution in [-0.4, -0.2) is 11.2 Å². The second-order valence-electron chi connectivity index (χ2n) is 3.59. The maximum atomic E-state index is 9.79. The number of hydrogen-bond donors (Lipinski definition) is 1. The molecule has 1 rings (SSSR count). The molecule has 0 heterocycles. The minimum absolute atomic E-state index is 0.262. The van der Waals surface area contributed by atoms with Crippen molar-refractivity contribution in [1.82, 2.24) is 0 Å². The lowest BCUT2D eigenvalue weighted by Gasteiger charge is -2.07. The first kappa shape index (κ1) is 10.3. The van der Waals surface area contributed by atoms with Gasteiger partial charge in [-0.15, -0.1) is 0 Å². The molecule has 0 aromatic heterocycles. The average Bonchev–Trinajstić information content (AvgIpc) is 2.39. The van der Waals surface area contributed by atoms with E-state index < -0.39 is 0 Å². The van der Waals surface area contributed by atoms with Crippen molar-refractivity contribution >= 4 is 0 Å². The van der Waals surface area contributed by atoms with Crippen LogP contribution in [0.15, 0.2) is 35.5 Å². The molecule has 0 aromatic carbocycles. The Hall–Kier alpha value is -0.820. The van der Waals surface area contributed by atoms with E-state index in [0.29, 0.717) is 5.92 Å². The number of rotatable bonds is 1. The van der Waals surface area contributed by atoms with E-state index in [1.165, 1.54) is 5.57 Å². The lowest BCUT2D eigenvalue weighted by atomic mass is 10.1. The first-order valence-corrected chi connectivity index (χ1v) is 4.87. The minimum atomic E-state index is -0.262. The standard InChI is InChI=1S/C12H18O/c1-4-6-7-10-8-9(3)12(13)11(10)5-2/h4-7,9,12-13H,8H2,1-3H3/b6-4-,10-7-,11-5+. The summed E-state index contributed by atoms with van der Waals surface area (Å²) in [5, 5.41) is 9.79. The third-order valence-corrected chi connectivity index (χ3v) is 2.57. The fourth-order valence-electron chi connectivity index (χ4n) is 1.81. The summed E-state index contributed by atoms with van der Waals surface area (Å²) in [6.45, 7) is 6.08. The van der Waals surface area contributed by atoms with Gasteiger partial charge >= 0.3 is 0 Å². The summed E-state index contributed by atoms with van der Waals surface area (Å²) >= 11 is 0. The number of allylic oxidation sites excluding steroid dienone is 4. The SMILES string of the molecule is C\C=C/C=C1/CC(C)C(O)/C1=C/C. The van der Waals surface area contributed by atoms with Gasteiger partial charge in [-0.2, -0.15) is 0 Å². The van der Waals surface area contributed by atoms with Crippen molar-refractivity contribution in [2.75, 3.05) is 0 Å². The number of aliphatic hydroxyl groups is 1. The second kappa shape index (κ2) is 4.43. The Morgan fingerprint density at radius 2 is 2.08 bits per heavy atom. The third kappa shape index (κ3) is 2.10. The van der Waals surface area contributed by atoms with Crippen molar-refractivity contribution in [1.29, 1.82) is 0 Å². The first-order chi connectivity index (χ1) is 6.20. The molecular formula is C12H18O. The zero-order valence-corrected chi connectivity index (χ0v) is 8.62. The fraction of sp³-hybridized carbons (Fsp3) is 0.500. The quantitative estimate of drug-likeness (QED) is 0.654. The molecule has 1 saturated carbocycles. The Labute approximate surface area is 80.5 Å². The maximum absolute atomic E-state index is 9.79. The Bertz CT molecular complexity index is 258. The van der Waals surface area contributed by atoms with Gasteiger partial charge in [0.15, 0.2) is 0 Å². The molecule has 0 bridgehead atoms. The molecule has 1 heteroatoms. The number of hydrogen-bond acceptors (Lipinski definition) is 1. The molecule has 0 aliphatic heterocycles. The lowest BCUT2D eigenvalue weighted by molar-refractivity contribution is 0.172. The molecule has 0 amide bonds. The molecule has 2 unspecified atom stereocenters. The highest BCUT2D eigenvalue weighted by Gasteiger charge is 2.28. The molecule has 1 aliphatic rings. The Kier molecular flexibility index (Phi) is 3.49. The molecule has 1 aliphatic carbocycles. The minimum Gasteiger partial charge on any atom is -0.388 e. The van der Waals surface area contributed by atoms with Gasteiger partial charge in [-0.1, -0.05) is 31.2 Å². The zero-order valence-electron chi connectivity index (χ0n) is 8.62. The summed E-state index contributed by atoms with van der Waals surface area (Å²) in [6, 6.07) is 0. The van der Waals surface area contributed by atoms with E-state index in [2.05, 4.69) is 13.0 Å². The fourth-order valence-corrected chi connectivity index (χ4v) is 1.81. The lowest BCUT2D eigenvalue weighted by Crippen LogP contribution is -2.10. The van der Waals surface area contributed by atoms with Gasteiger partial charge in [0, 0.05) is 0 Å². The van der Waals surface area contributed by atoms with E-state index in [9.17, 15) is 5.11 Å². The van der Waals surface area contributed by atoms with Crippen molar-refractivity contribution in [3.63, 3.8) is 0 Å². The Morgan fingerprint density at radius 1 is 1.38 bits per heavy atom. The van der Waals surface area contributed by atoms with E-state index in [1.54, 1.807) is 0 Å². The summed E-state index contributed by atoms with van der Waals surface area (Å²) < 4.78 is 0. The van der Waals surface area contributed by atoms with Crippen LogP contribution in [0.2, 0.25) is 0 Å². The van der Waals surface area contributed by atoms with Crippen LogP contribution >= 0.6 is 0 Å². The highest BCUT2D eigenvalue weighted by atomic mass is 16.3. The van der Waals surface area contributed by atoms with Crippen LogP contribution in [0.1, 0.15) is 27.2 Å². The van der Waals surface area contributed by atoms with Crippen LogP contribution in [0.4, 0.5) is 0 Å². The van der Waals surface area contributed by atoms with Crippen LogP contribution in [0.5, 0.6) is 0 Å². The van der Waals surface area contributed by atoms with Crippen LogP contribution in [0.25, 0.3) is 0 Å². The highest BCUT2D eigenvalue weighted by Crippen LogP contribution is 2.35. The Balaban J connectivity index is 2.89. The van der Waals surface area contributed by atoms with Gasteiger partial charge in [-0.3, -0.25) is 0 Å². The average molecular weight is 178 g/mol. The molecule has 72 valence electrons. The molecule has 1 fully saturated rings. The predicted octanol–water partition coefficient (Wildman–Crippen LogP) is 2.84. The molecule has 0 saturated heterocycles. The van der Waals surface area contributed by atoms with Crippen molar-refractivity contribution in [3.8, 4) is 0 Å². The van der Waals surface area contributed by atoms with Gasteiger partial charge in [0.1, 0.15) is 0 Å². The van der Waals surface area contributed by atoms with Crippen LogP contribution in [0, 0.1) is 5.92 Å². The monoisotopic (exact) mass is 178 g/mol. The largest absolute Gasteiger partial charge is 0.388 e. The van der Waals surface area contributed by atoms with Crippen LogP contribution in [0.3, 0.4) is 0 Å². The predicted molar refractivity (Wildman–Crippen MR) is 56.4 cm³/mol. The summed E-state index contributed by atoms with van der Waals surface area (Å²) in [4.78, 5) is 0. The van der Waals surface area contributed by atoms with Gasteiger partial charge in [0.2, 0.25) is 0 Å². The van der Waals surface area contributed by atoms with Gasteiger partial charge in [0.05, 0.1) is 6.10 Å². The van der Waals surface area contributed by atoms with Crippen molar-refractivity contribution in [3.05, 3.63) is 35.5 Å². The molecule has 13 heavy (non-hydrogen) atoms. The van der Waals surface area contributed by atoms with Gasteiger partial charge in [-0.05, 0) is 37.3 Å². The summed E-state index contributed by atoms with van der Waals surface area (Å²) in [5.41, 5.74) is 2.38. The normalized spacial score (nSPS) is 35.4. The second-order valence-corrected chi connectivity index (χ2v) is 3.59. The van der Waals surface area contributed by atoms with Crippen molar-refractivity contribution < 1.29 is 5.11 Å². The van der Waals surface area contributed by atoms with Gasteiger partial charge in [-0.25, -0.2) is 0 Å². The van der Waals surface area contributed by atoms with Crippen molar-refractivity contribution in [2.45, 2.75) is 33.3 Å². The Morgan fingerprint density at radius 3 is 2.62 bits per heavy atom. The molecule has 0 aromatic rings. The van der Waals surface area contributed by atoms with Gasteiger partial charge < -0.3 is 5.11 Å². The molecule has 2 atom stereocenters. The van der Waals surface area contributed by atoms with Crippen molar-refractivity contribution in [2.24, 2.45) is 5.92 Å². The summed E-state index contributed by atoms with van der Waals surface area (Å²) in [7, 11) is 0. The molecule has 0 spiro atoms. The topological polar surface area (TPSA) is 20.2 Å². The highest BCUT2D eigenvalue weighted by molar-refractivity contribution is 5.41.